The van der Waals surface area contributed by atoms with Crippen molar-refractivity contribution in [1.29, 1.82) is 0 Å². The SMILES string of the molecule is CC(C)(O)C/C=C/C(C)(O)C1CCC2(C)C1C(O)CC1C3(C)CCC(O)C(C)(C)C3C(OC3OC(CO)C(O)C(O)C3O)CC12C. The van der Waals surface area contributed by atoms with Crippen molar-refractivity contribution < 1.29 is 50.3 Å². The molecule has 4 aliphatic carbocycles. The van der Waals surface area contributed by atoms with E-state index in [4.69, 9.17) is 9.47 Å². The van der Waals surface area contributed by atoms with Crippen LogP contribution >= 0.6 is 0 Å². The molecule has 0 amide bonds. The highest BCUT2D eigenvalue weighted by molar-refractivity contribution is 5.23. The van der Waals surface area contributed by atoms with E-state index in [0.717, 1.165) is 19.3 Å². The smallest absolute Gasteiger partial charge is 0.186 e. The van der Waals surface area contributed by atoms with Gasteiger partial charge >= 0.3 is 0 Å². The molecule has 1 heterocycles. The summed E-state index contributed by atoms with van der Waals surface area (Å²) in [4.78, 5) is 0. The van der Waals surface area contributed by atoms with E-state index in [1.165, 1.54) is 0 Å². The summed E-state index contributed by atoms with van der Waals surface area (Å²) in [7, 11) is 0. The Bertz CT molecular complexity index is 1130. The minimum atomic E-state index is -1.56. The summed E-state index contributed by atoms with van der Waals surface area (Å²) in [6, 6.07) is 0. The minimum absolute atomic E-state index is 0.0807. The van der Waals surface area contributed by atoms with E-state index in [2.05, 4.69) is 34.6 Å². The van der Waals surface area contributed by atoms with E-state index in [9.17, 15) is 40.9 Å². The van der Waals surface area contributed by atoms with Gasteiger partial charge in [0, 0.05) is 0 Å². The fraction of sp³-hybridized carbons (Fsp3) is 0.944. The highest BCUT2D eigenvalue weighted by Crippen LogP contribution is 2.76. The average molecular weight is 655 g/mol. The molecule has 0 radical (unpaired) electrons. The Morgan fingerprint density at radius 2 is 1.52 bits per heavy atom. The van der Waals surface area contributed by atoms with Crippen molar-refractivity contribution in [2.24, 2.45) is 45.3 Å². The van der Waals surface area contributed by atoms with Gasteiger partial charge in [-0.05, 0) is 111 Å². The molecule has 1 saturated heterocycles. The first-order valence-corrected chi connectivity index (χ1v) is 17.5. The number of hydrogen-bond acceptors (Lipinski definition) is 10. The van der Waals surface area contributed by atoms with Gasteiger partial charge in [-0.3, -0.25) is 0 Å². The van der Waals surface area contributed by atoms with Crippen LogP contribution in [0, 0.1) is 45.3 Å². The van der Waals surface area contributed by atoms with E-state index >= 15 is 0 Å². The van der Waals surface area contributed by atoms with Crippen LogP contribution in [0.25, 0.3) is 0 Å². The molecule has 10 heteroatoms. The molecule has 0 spiro atoms. The third kappa shape index (κ3) is 5.64. The Hall–Kier alpha value is -0.660. The van der Waals surface area contributed by atoms with Crippen molar-refractivity contribution in [2.75, 3.05) is 6.61 Å². The van der Waals surface area contributed by atoms with Crippen LogP contribution in [0.4, 0.5) is 0 Å². The van der Waals surface area contributed by atoms with Crippen LogP contribution in [0.5, 0.6) is 0 Å². The second kappa shape index (κ2) is 12.0. The lowest BCUT2D eigenvalue weighted by molar-refractivity contribution is -0.346. The van der Waals surface area contributed by atoms with Crippen LogP contribution in [-0.4, -0.2) is 108 Å². The standard InChI is InChI=1S/C36H62O10/c1-31(2,43)12-9-13-36(8,44)19-10-15-34(6)25(19)20(38)16-23-33(5)14-11-24(39)32(3,4)29(33)21(17-35(23,34)7)45-30-28(42)27(41)26(40)22(18-37)46-30/h9,13,19-30,37-44H,10-12,14-18H2,1-8H3/b13-9+. The van der Waals surface area contributed by atoms with Crippen LogP contribution < -0.4 is 0 Å². The van der Waals surface area contributed by atoms with Crippen molar-refractivity contribution >= 4 is 0 Å². The third-order valence-electron chi connectivity index (χ3n) is 14.2. The quantitative estimate of drug-likeness (QED) is 0.150. The van der Waals surface area contributed by atoms with Crippen LogP contribution in [0.15, 0.2) is 12.2 Å². The Balaban J connectivity index is 1.54. The lowest BCUT2D eigenvalue weighted by Gasteiger charge is -2.72. The average Bonchev–Trinajstić information content (AvgIpc) is 3.32. The molecule has 16 unspecified atom stereocenters. The van der Waals surface area contributed by atoms with Crippen LogP contribution in [0.3, 0.4) is 0 Å². The number of ether oxygens (including phenoxy) is 2. The predicted molar refractivity (Wildman–Crippen MR) is 171 cm³/mol. The summed E-state index contributed by atoms with van der Waals surface area (Å²) in [6.07, 6.45) is -0.744. The molecule has 16 atom stereocenters. The van der Waals surface area contributed by atoms with Gasteiger partial charge in [-0.15, -0.1) is 0 Å². The Morgan fingerprint density at radius 3 is 2.13 bits per heavy atom. The molecule has 5 aliphatic rings. The largest absolute Gasteiger partial charge is 0.394 e. The van der Waals surface area contributed by atoms with E-state index in [1.807, 2.05) is 6.08 Å². The molecule has 0 aromatic carbocycles. The highest BCUT2D eigenvalue weighted by Gasteiger charge is 2.73. The van der Waals surface area contributed by atoms with Crippen molar-refractivity contribution in [2.45, 2.75) is 161 Å². The van der Waals surface area contributed by atoms with Gasteiger partial charge < -0.3 is 50.3 Å². The van der Waals surface area contributed by atoms with Crippen LogP contribution in [0.1, 0.15) is 100 Å². The van der Waals surface area contributed by atoms with Gasteiger partial charge in [0.25, 0.3) is 0 Å². The summed E-state index contributed by atoms with van der Waals surface area (Å²) < 4.78 is 12.6. The molecule has 5 rings (SSSR count). The lowest BCUT2D eigenvalue weighted by Crippen LogP contribution is -2.71. The van der Waals surface area contributed by atoms with Gasteiger partial charge in [0.2, 0.25) is 0 Å². The Labute approximate surface area is 274 Å². The van der Waals surface area contributed by atoms with Crippen molar-refractivity contribution in [3.63, 3.8) is 0 Å². The van der Waals surface area contributed by atoms with E-state index in [-0.39, 0.29) is 39.9 Å². The second-order valence-electron chi connectivity index (χ2n) is 17.9. The van der Waals surface area contributed by atoms with Crippen LogP contribution in [0.2, 0.25) is 0 Å². The maximum atomic E-state index is 12.1. The molecule has 8 N–H and O–H groups in total. The Kier molecular flexibility index (Phi) is 9.55. The molecule has 10 nitrogen and oxygen atoms in total. The van der Waals surface area contributed by atoms with Gasteiger partial charge in [0.05, 0.1) is 36.1 Å². The van der Waals surface area contributed by atoms with Gasteiger partial charge in [-0.2, -0.15) is 0 Å². The van der Waals surface area contributed by atoms with Gasteiger partial charge in [0.15, 0.2) is 6.29 Å². The fourth-order valence-corrected chi connectivity index (χ4v) is 11.7. The number of aliphatic hydroxyl groups excluding tert-OH is 6. The molecule has 4 saturated carbocycles. The molecular formula is C36H62O10. The minimum Gasteiger partial charge on any atom is -0.394 e. The molecule has 0 aromatic rings. The molecular weight excluding hydrogens is 592 g/mol. The second-order valence-corrected chi connectivity index (χ2v) is 17.9. The summed E-state index contributed by atoms with van der Waals surface area (Å²) in [6.45, 7) is 15.6. The predicted octanol–water partition coefficient (Wildman–Crippen LogP) is 2.27. The molecule has 266 valence electrons. The number of rotatable bonds is 7. The first-order valence-electron chi connectivity index (χ1n) is 17.5. The molecule has 46 heavy (non-hydrogen) atoms. The van der Waals surface area contributed by atoms with Crippen molar-refractivity contribution in [1.82, 2.24) is 0 Å². The maximum absolute atomic E-state index is 12.1. The molecule has 5 fully saturated rings. The monoisotopic (exact) mass is 654 g/mol. The first-order chi connectivity index (χ1) is 21.0. The topological polar surface area (TPSA) is 180 Å². The zero-order valence-corrected chi connectivity index (χ0v) is 29.1. The molecule has 0 aromatic heterocycles. The molecule has 0 bridgehead atoms. The summed E-state index contributed by atoms with van der Waals surface area (Å²) >= 11 is 0. The third-order valence-corrected chi connectivity index (χ3v) is 14.2. The van der Waals surface area contributed by atoms with Crippen molar-refractivity contribution in [3.8, 4) is 0 Å². The highest BCUT2D eigenvalue weighted by atomic mass is 16.7. The lowest BCUT2D eigenvalue weighted by atomic mass is 9.34. The zero-order chi connectivity index (χ0) is 34.4. The number of aliphatic hydroxyl groups is 8. The van der Waals surface area contributed by atoms with Gasteiger partial charge in [-0.1, -0.05) is 46.8 Å². The number of fused-ring (bicyclic) bond motifs is 5. The van der Waals surface area contributed by atoms with E-state index < -0.39 is 72.2 Å². The summed E-state index contributed by atoms with van der Waals surface area (Å²) in [5.74, 6) is -0.516. The zero-order valence-electron chi connectivity index (χ0n) is 29.1. The van der Waals surface area contributed by atoms with Crippen LogP contribution in [-0.2, 0) is 9.47 Å². The normalized spacial score (nSPS) is 52.1. The summed E-state index contributed by atoms with van der Waals surface area (Å²) in [5, 5.41) is 87.3. The van der Waals surface area contributed by atoms with Gasteiger partial charge in [-0.25, -0.2) is 0 Å². The maximum Gasteiger partial charge on any atom is 0.186 e. The van der Waals surface area contributed by atoms with Gasteiger partial charge in [0.1, 0.15) is 24.4 Å². The summed E-state index contributed by atoms with van der Waals surface area (Å²) in [5.41, 5.74) is -3.80. The van der Waals surface area contributed by atoms with E-state index in [0.29, 0.717) is 25.7 Å². The number of hydrogen-bond donors (Lipinski definition) is 8. The first kappa shape index (κ1) is 36.6. The van der Waals surface area contributed by atoms with E-state index in [1.54, 1.807) is 26.8 Å². The molecule has 1 aliphatic heterocycles. The fourth-order valence-electron chi connectivity index (χ4n) is 11.7. The van der Waals surface area contributed by atoms with Crippen molar-refractivity contribution in [3.05, 3.63) is 12.2 Å². The Morgan fingerprint density at radius 1 is 0.870 bits per heavy atom.